The lowest BCUT2D eigenvalue weighted by Crippen LogP contribution is -2.21. The molecular formula is C13H17Cl2NO. The Balaban J connectivity index is 1.70. The van der Waals surface area contributed by atoms with Gasteiger partial charge in [0.25, 0.3) is 0 Å². The number of halogens is 2. The Morgan fingerprint density at radius 2 is 2.24 bits per heavy atom. The largest absolute Gasteiger partial charge is 0.492 e. The lowest BCUT2D eigenvalue weighted by Gasteiger charge is -2.11. The number of hydrogen-bond acceptors (Lipinski definition) is 2. The van der Waals surface area contributed by atoms with Gasteiger partial charge in [0.2, 0.25) is 0 Å². The van der Waals surface area contributed by atoms with Crippen LogP contribution in [0.4, 0.5) is 0 Å². The van der Waals surface area contributed by atoms with E-state index in [-0.39, 0.29) is 0 Å². The van der Waals surface area contributed by atoms with Gasteiger partial charge in [-0.25, -0.2) is 0 Å². The highest BCUT2D eigenvalue weighted by atomic mass is 35.5. The molecule has 1 aliphatic rings. The van der Waals surface area contributed by atoms with E-state index in [1.165, 1.54) is 19.3 Å². The fraction of sp³-hybridized carbons (Fsp3) is 0.538. The Kier molecular flexibility index (Phi) is 4.96. The highest BCUT2D eigenvalue weighted by Gasteiger charge is 2.13. The van der Waals surface area contributed by atoms with Gasteiger partial charge in [-0.05, 0) is 50.4 Å². The molecule has 0 radical (unpaired) electrons. The lowest BCUT2D eigenvalue weighted by molar-refractivity contribution is 0.299. The maximum Gasteiger partial charge on any atom is 0.137 e. The number of ether oxygens (including phenoxy) is 1. The minimum Gasteiger partial charge on any atom is -0.492 e. The van der Waals surface area contributed by atoms with Gasteiger partial charge in [-0.15, -0.1) is 0 Å². The molecule has 1 aromatic rings. The van der Waals surface area contributed by atoms with E-state index in [0.29, 0.717) is 22.7 Å². The average Bonchev–Trinajstić information content (AvgIpc) is 2.79. The van der Waals surface area contributed by atoms with Crippen molar-refractivity contribution >= 4 is 23.2 Å². The van der Waals surface area contributed by atoms with E-state index in [2.05, 4.69) is 5.32 Å². The van der Waals surface area contributed by atoms with Crippen molar-refractivity contribution in [2.45, 2.75) is 31.7 Å². The van der Waals surface area contributed by atoms with Crippen LogP contribution in [0.2, 0.25) is 10.0 Å². The standard InChI is InChI=1S/C13H17Cl2NO/c14-10-5-6-13(12(15)9-10)17-8-2-4-11-3-1-7-16-11/h5-6,9,11,16H,1-4,7-8H2. The second kappa shape index (κ2) is 6.48. The van der Waals surface area contributed by atoms with Crippen LogP contribution >= 0.6 is 23.2 Å². The first-order valence-corrected chi connectivity index (χ1v) is 6.82. The van der Waals surface area contributed by atoms with E-state index >= 15 is 0 Å². The zero-order chi connectivity index (χ0) is 12.1. The van der Waals surface area contributed by atoms with Crippen LogP contribution in [0, 0.1) is 0 Å². The van der Waals surface area contributed by atoms with Gasteiger partial charge in [0.05, 0.1) is 11.6 Å². The van der Waals surface area contributed by atoms with Crippen molar-refractivity contribution in [2.24, 2.45) is 0 Å². The summed E-state index contributed by atoms with van der Waals surface area (Å²) in [7, 11) is 0. The summed E-state index contributed by atoms with van der Waals surface area (Å²) in [5.74, 6) is 0.718. The second-order valence-electron chi connectivity index (χ2n) is 4.36. The lowest BCUT2D eigenvalue weighted by atomic mass is 10.1. The zero-order valence-corrected chi connectivity index (χ0v) is 11.2. The molecule has 1 atom stereocenters. The van der Waals surface area contributed by atoms with Crippen LogP contribution in [0.25, 0.3) is 0 Å². The minimum absolute atomic E-state index is 0.580. The molecule has 17 heavy (non-hydrogen) atoms. The molecule has 0 spiro atoms. The molecule has 1 fully saturated rings. The Hall–Kier alpha value is -0.440. The van der Waals surface area contributed by atoms with Crippen LogP contribution in [-0.2, 0) is 0 Å². The van der Waals surface area contributed by atoms with Crippen molar-refractivity contribution < 1.29 is 4.74 Å². The SMILES string of the molecule is Clc1ccc(OCCCC2CCCN2)c(Cl)c1. The summed E-state index contributed by atoms with van der Waals surface area (Å²) in [5.41, 5.74) is 0. The monoisotopic (exact) mass is 273 g/mol. The minimum atomic E-state index is 0.580. The van der Waals surface area contributed by atoms with Crippen LogP contribution in [0.3, 0.4) is 0 Å². The summed E-state index contributed by atoms with van der Waals surface area (Å²) in [6, 6.07) is 6.00. The molecule has 2 rings (SSSR count). The molecule has 1 aromatic carbocycles. The van der Waals surface area contributed by atoms with E-state index in [9.17, 15) is 0 Å². The molecule has 0 bridgehead atoms. The number of rotatable bonds is 5. The van der Waals surface area contributed by atoms with Crippen LogP contribution in [0.5, 0.6) is 5.75 Å². The van der Waals surface area contributed by atoms with E-state index in [4.69, 9.17) is 27.9 Å². The number of hydrogen-bond donors (Lipinski definition) is 1. The fourth-order valence-corrected chi connectivity index (χ4v) is 2.57. The van der Waals surface area contributed by atoms with Gasteiger partial charge in [0.1, 0.15) is 5.75 Å². The molecule has 1 aliphatic heterocycles. The molecule has 1 heterocycles. The van der Waals surface area contributed by atoms with Crippen LogP contribution in [-0.4, -0.2) is 19.2 Å². The summed E-state index contributed by atoms with van der Waals surface area (Å²) in [6.45, 7) is 1.87. The summed E-state index contributed by atoms with van der Waals surface area (Å²) in [4.78, 5) is 0. The molecule has 2 nitrogen and oxygen atoms in total. The van der Waals surface area contributed by atoms with E-state index in [1.807, 2.05) is 6.07 Å². The summed E-state index contributed by atoms with van der Waals surface area (Å²) in [6.07, 6.45) is 4.82. The quantitative estimate of drug-likeness (QED) is 0.822. The van der Waals surface area contributed by atoms with Gasteiger partial charge in [0, 0.05) is 11.1 Å². The predicted octanol–water partition coefficient (Wildman–Crippen LogP) is 3.90. The van der Waals surface area contributed by atoms with E-state index in [1.54, 1.807) is 12.1 Å². The van der Waals surface area contributed by atoms with Crippen molar-refractivity contribution in [3.8, 4) is 5.75 Å². The first-order valence-electron chi connectivity index (χ1n) is 6.07. The molecule has 94 valence electrons. The molecule has 1 unspecified atom stereocenters. The summed E-state index contributed by atoms with van der Waals surface area (Å²) in [5, 5.41) is 4.69. The first kappa shape index (κ1) is 13.0. The van der Waals surface area contributed by atoms with Crippen LogP contribution in [0.1, 0.15) is 25.7 Å². The fourth-order valence-electron chi connectivity index (χ4n) is 2.11. The third-order valence-electron chi connectivity index (χ3n) is 3.01. The van der Waals surface area contributed by atoms with Crippen molar-refractivity contribution in [3.63, 3.8) is 0 Å². The van der Waals surface area contributed by atoms with Gasteiger partial charge >= 0.3 is 0 Å². The average molecular weight is 274 g/mol. The van der Waals surface area contributed by atoms with Gasteiger partial charge in [-0.1, -0.05) is 23.2 Å². The third kappa shape index (κ3) is 4.06. The normalized spacial score (nSPS) is 19.5. The zero-order valence-electron chi connectivity index (χ0n) is 9.72. The van der Waals surface area contributed by atoms with Crippen molar-refractivity contribution in [3.05, 3.63) is 28.2 Å². The predicted molar refractivity (Wildman–Crippen MR) is 72.2 cm³/mol. The highest BCUT2D eigenvalue weighted by Crippen LogP contribution is 2.27. The Bertz CT molecular complexity index is 364. The van der Waals surface area contributed by atoms with E-state index in [0.717, 1.165) is 18.7 Å². The molecule has 0 aromatic heterocycles. The number of nitrogens with one attached hydrogen (secondary N) is 1. The van der Waals surface area contributed by atoms with Crippen LogP contribution < -0.4 is 10.1 Å². The molecule has 1 N–H and O–H groups in total. The maximum absolute atomic E-state index is 6.01. The Morgan fingerprint density at radius 1 is 1.35 bits per heavy atom. The van der Waals surface area contributed by atoms with Crippen LogP contribution in [0.15, 0.2) is 18.2 Å². The summed E-state index contributed by atoms with van der Waals surface area (Å²) >= 11 is 11.8. The third-order valence-corrected chi connectivity index (χ3v) is 3.54. The molecule has 1 saturated heterocycles. The molecular weight excluding hydrogens is 257 g/mol. The van der Waals surface area contributed by atoms with Crippen molar-refractivity contribution in [2.75, 3.05) is 13.2 Å². The maximum atomic E-state index is 6.01. The first-order chi connectivity index (χ1) is 8.25. The molecule has 0 saturated carbocycles. The topological polar surface area (TPSA) is 21.3 Å². The second-order valence-corrected chi connectivity index (χ2v) is 5.20. The molecule has 0 amide bonds. The molecule has 4 heteroatoms. The number of benzene rings is 1. The van der Waals surface area contributed by atoms with Gasteiger partial charge in [-0.3, -0.25) is 0 Å². The molecule has 0 aliphatic carbocycles. The van der Waals surface area contributed by atoms with E-state index < -0.39 is 0 Å². The van der Waals surface area contributed by atoms with Gasteiger partial charge in [0.15, 0.2) is 0 Å². The summed E-state index contributed by atoms with van der Waals surface area (Å²) < 4.78 is 5.63. The highest BCUT2D eigenvalue weighted by molar-refractivity contribution is 6.35. The van der Waals surface area contributed by atoms with Gasteiger partial charge < -0.3 is 10.1 Å². The van der Waals surface area contributed by atoms with Gasteiger partial charge in [-0.2, -0.15) is 0 Å². The Labute approximate surface area is 112 Å². The van der Waals surface area contributed by atoms with Crippen molar-refractivity contribution in [1.82, 2.24) is 5.32 Å². The smallest absolute Gasteiger partial charge is 0.137 e. The van der Waals surface area contributed by atoms with Crippen molar-refractivity contribution in [1.29, 1.82) is 0 Å². The Morgan fingerprint density at radius 3 is 2.94 bits per heavy atom.